The highest BCUT2D eigenvalue weighted by Gasteiger charge is 2.19. The van der Waals surface area contributed by atoms with E-state index in [2.05, 4.69) is 37.8 Å². The summed E-state index contributed by atoms with van der Waals surface area (Å²) >= 11 is 0. The van der Waals surface area contributed by atoms with Crippen LogP contribution in [-0.4, -0.2) is 41.0 Å². The molecule has 2 heterocycles. The summed E-state index contributed by atoms with van der Waals surface area (Å²) in [5, 5.41) is 0. The van der Waals surface area contributed by atoms with E-state index in [4.69, 9.17) is 0 Å². The van der Waals surface area contributed by atoms with Crippen molar-refractivity contribution in [1.29, 1.82) is 0 Å². The van der Waals surface area contributed by atoms with Crippen LogP contribution in [0.4, 0.5) is 0 Å². The zero-order valence-corrected chi connectivity index (χ0v) is 21.8. The minimum absolute atomic E-state index is 0.0378. The van der Waals surface area contributed by atoms with Gasteiger partial charge in [0, 0.05) is 22.8 Å². The van der Waals surface area contributed by atoms with Gasteiger partial charge in [-0.3, -0.25) is 9.59 Å². The summed E-state index contributed by atoms with van der Waals surface area (Å²) < 4.78 is 1.92. The number of pyridine rings is 1. The van der Waals surface area contributed by atoms with Crippen molar-refractivity contribution in [2.45, 2.75) is 78.6 Å². The molecule has 0 aliphatic heterocycles. The number of benzene rings is 1. The number of aryl methyl sites for hydroxylation is 2. The number of aromatic nitrogens is 1. The first-order valence-corrected chi connectivity index (χ1v) is 13.5. The van der Waals surface area contributed by atoms with Crippen LogP contribution in [-0.2, 0) is 17.6 Å². The molecule has 1 radical (unpaired) electrons. The highest BCUT2D eigenvalue weighted by Crippen LogP contribution is 2.23. The van der Waals surface area contributed by atoms with Gasteiger partial charge in [-0.1, -0.05) is 64.3 Å². The van der Waals surface area contributed by atoms with E-state index in [9.17, 15) is 9.59 Å². The normalized spacial score (nSPS) is 11.4. The fourth-order valence-electron chi connectivity index (χ4n) is 4.68. The number of rotatable bonds is 16. The third kappa shape index (κ3) is 7.38. The molecule has 0 bridgehead atoms. The summed E-state index contributed by atoms with van der Waals surface area (Å²) in [7, 11) is 0. The van der Waals surface area contributed by atoms with Gasteiger partial charge < -0.3 is 9.30 Å². The van der Waals surface area contributed by atoms with Crippen molar-refractivity contribution in [3.05, 3.63) is 76.6 Å². The van der Waals surface area contributed by atoms with Gasteiger partial charge in [0.2, 0.25) is 12.1 Å². The molecule has 3 rings (SSSR count). The van der Waals surface area contributed by atoms with E-state index in [-0.39, 0.29) is 5.78 Å². The fraction of sp³-hybridized carbons (Fsp3) is 0.484. The summed E-state index contributed by atoms with van der Waals surface area (Å²) in [6.45, 7) is 10.2. The van der Waals surface area contributed by atoms with Crippen molar-refractivity contribution in [3.8, 4) is 0 Å². The van der Waals surface area contributed by atoms with Crippen LogP contribution in [0.5, 0.6) is 0 Å². The Morgan fingerprint density at radius 2 is 1.49 bits per heavy atom. The molecule has 4 nitrogen and oxygen atoms in total. The average Bonchev–Trinajstić information content (AvgIpc) is 3.25. The number of carbonyl (C=O) groups is 1. The van der Waals surface area contributed by atoms with Crippen molar-refractivity contribution in [3.63, 3.8) is 0 Å². The summed E-state index contributed by atoms with van der Waals surface area (Å²) in [5.41, 5.74) is 5.12. The van der Waals surface area contributed by atoms with Crippen LogP contribution in [0.25, 0.3) is 5.52 Å². The van der Waals surface area contributed by atoms with Crippen molar-refractivity contribution in [1.82, 2.24) is 9.30 Å². The Bertz CT molecular complexity index is 1070. The van der Waals surface area contributed by atoms with Gasteiger partial charge in [0.05, 0.1) is 5.69 Å². The molecule has 0 N–H and O–H groups in total. The minimum Gasteiger partial charge on any atom is -0.313 e. The Kier molecular flexibility index (Phi) is 10.7. The Hall–Kier alpha value is -2.72. The van der Waals surface area contributed by atoms with E-state index >= 15 is 0 Å². The predicted octanol–water partition coefficient (Wildman–Crippen LogP) is 6.81. The van der Waals surface area contributed by atoms with Crippen LogP contribution < -0.4 is 0 Å². The van der Waals surface area contributed by atoms with E-state index in [0.717, 1.165) is 49.7 Å². The molecule has 0 spiro atoms. The standard InChI is InChI=1S/C31H41N2O2/c1-4-7-12-28-23-29-22-26(24-34)17-21-33(29)30(28)31(35)27-15-13-25(14-16-27)11-10-20-32(18-8-5-2)19-9-6-3/h13-17,21-23H,4-12,18-20H2,1-3H3. The lowest BCUT2D eigenvalue weighted by atomic mass is 10.00. The maximum atomic E-state index is 13.6. The lowest BCUT2D eigenvalue weighted by molar-refractivity contribution is 0.103. The zero-order chi connectivity index (χ0) is 25.0. The second-order valence-corrected chi connectivity index (χ2v) is 9.61. The first-order chi connectivity index (χ1) is 17.1. The van der Waals surface area contributed by atoms with E-state index in [1.807, 2.05) is 35.1 Å². The Morgan fingerprint density at radius 1 is 0.829 bits per heavy atom. The largest absolute Gasteiger partial charge is 0.313 e. The van der Waals surface area contributed by atoms with E-state index < -0.39 is 0 Å². The molecule has 0 atom stereocenters. The van der Waals surface area contributed by atoms with Crippen LogP contribution in [0.2, 0.25) is 0 Å². The van der Waals surface area contributed by atoms with Gasteiger partial charge in [0.15, 0.2) is 0 Å². The lowest BCUT2D eigenvalue weighted by Crippen LogP contribution is -2.27. The number of hydrogen-bond donors (Lipinski definition) is 0. The first-order valence-electron chi connectivity index (χ1n) is 13.5. The number of fused-ring (bicyclic) bond motifs is 1. The summed E-state index contributed by atoms with van der Waals surface area (Å²) in [5.74, 6) is 0.0378. The van der Waals surface area contributed by atoms with Crippen LogP contribution in [0.1, 0.15) is 98.5 Å². The third-order valence-electron chi connectivity index (χ3n) is 6.80. The Balaban J connectivity index is 1.71. The molecule has 3 aromatic rings. The summed E-state index contributed by atoms with van der Waals surface area (Å²) in [6.07, 6.45) is 13.9. The van der Waals surface area contributed by atoms with Gasteiger partial charge in [-0.15, -0.1) is 0 Å². The van der Waals surface area contributed by atoms with E-state index in [1.54, 1.807) is 12.1 Å². The smallest absolute Gasteiger partial charge is 0.233 e. The van der Waals surface area contributed by atoms with Crippen LogP contribution in [0.3, 0.4) is 0 Å². The molecule has 0 fully saturated rings. The SMILES string of the molecule is CCCCc1cc2cc([C]=O)ccn2c1C(=O)c1ccc(CCCN(CCCC)CCCC)cc1. The molecular formula is C31H41N2O2. The van der Waals surface area contributed by atoms with Gasteiger partial charge >= 0.3 is 0 Å². The number of ketones is 1. The number of nitrogens with zero attached hydrogens (tertiary/aromatic N) is 2. The minimum atomic E-state index is 0.0378. The van der Waals surface area contributed by atoms with E-state index in [0.29, 0.717) is 16.8 Å². The molecule has 0 saturated carbocycles. The third-order valence-corrected chi connectivity index (χ3v) is 6.80. The van der Waals surface area contributed by atoms with Crippen molar-refractivity contribution in [2.75, 3.05) is 19.6 Å². The van der Waals surface area contributed by atoms with Gasteiger partial charge in [-0.2, -0.15) is 0 Å². The quantitative estimate of drug-likeness (QED) is 0.215. The van der Waals surface area contributed by atoms with Gasteiger partial charge in [0.1, 0.15) is 0 Å². The van der Waals surface area contributed by atoms with Gasteiger partial charge in [-0.05, 0) is 87.5 Å². The van der Waals surface area contributed by atoms with Gasteiger partial charge in [-0.25, -0.2) is 0 Å². The molecule has 4 heteroatoms. The molecule has 187 valence electrons. The number of hydrogen-bond acceptors (Lipinski definition) is 3. The number of unbranched alkanes of at least 4 members (excludes halogenated alkanes) is 3. The van der Waals surface area contributed by atoms with Crippen LogP contribution in [0.15, 0.2) is 48.7 Å². The van der Waals surface area contributed by atoms with Gasteiger partial charge in [0.25, 0.3) is 0 Å². The maximum absolute atomic E-state index is 13.6. The maximum Gasteiger partial charge on any atom is 0.233 e. The molecule has 0 aliphatic carbocycles. The molecule has 0 amide bonds. The second kappa shape index (κ2) is 14.0. The molecule has 35 heavy (non-hydrogen) atoms. The fourth-order valence-corrected chi connectivity index (χ4v) is 4.68. The molecule has 0 aliphatic rings. The summed E-state index contributed by atoms with van der Waals surface area (Å²) in [6, 6.07) is 13.7. The highest BCUT2D eigenvalue weighted by molar-refractivity contribution is 6.09. The predicted molar refractivity (Wildman–Crippen MR) is 145 cm³/mol. The lowest BCUT2D eigenvalue weighted by Gasteiger charge is -2.21. The zero-order valence-electron chi connectivity index (χ0n) is 21.8. The molecule has 0 saturated heterocycles. The first kappa shape index (κ1) is 26.9. The number of carbonyl (C=O) groups excluding carboxylic acids is 2. The van der Waals surface area contributed by atoms with Crippen molar-refractivity contribution >= 4 is 17.6 Å². The molecule has 0 unspecified atom stereocenters. The molecule has 1 aromatic carbocycles. The van der Waals surface area contributed by atoms with Crippen molar-refractivity contribution in [2.24, 2.45) is 0 Å². The Labute approximate surface area is 211 Å². The highest BCUT2D eigenvalue weighted by atomic mass is 16.1. The summed E-state index contributed by atoms with van der Waals surface area (Å²) in [4.78, 5) is 27.3. The average molecular weight is 474 g/mol. The van der Waals surface area contributed by atoms with E-state index in [1.165, 1.54) is 44.3 Å². The van der Waals surface area contributed by atoms with Crippen molar-refractivity contribution < 1.29 is 9.59 Å². The van der Waals surface area contributed by atoms with Crippen LogP contribution in [0, 0.1) is 0 Å². The molecular weight excluding hydrogens is 432 g/mol. The monoisotopic (exact) mass is 473 g/mol. The Morgan fingerprint density at radius 3 is 2.11 bits per heavy atom. The topological polar surface area (TPSA) is 41.8 Å². The van der Waals surface area contributed by atoms with Crippen LogP contribution >= 0.6 is 0 Å². The molecule has 2 aromatic heterocycles. The second-order valence-electron chi connectivity index (χ2n) is 9.61.